The summed E-state index contributed by atoms with van der Waals surface area (Å²) in [6, 6.07) is 10.8. The number of benzene rings is 1. The number of hydrogen-bond acceptors (Lipinski definition) is 3. The second-order valence-corrected chi connectivity index (χ2v) is 8.57. The summed E-state index contributed by atoms with van der Waals surface area (Å²) in [5.74, 6) is 3.02. The molecule has 2 N–H and O–H groups in total. The number of nitrogens with one attached hydrogen (secondary N) is 2. The first-order valence-corrected chi connectivity index (χ1v) is 10.7. The lowest BCUT2D eigenvalue weighted by molar-refractivity contribution is 0.328. The molecule has 2 atom stereocenters. The van der Waals surface area contributed by atoms with Crippen LogP contribution in [0.1, 0.15) is 24.8 Å². The smallest absolute Gasteiger partial charge is 0.191 e. The first-order valence-electron chi connectivity index (χ1n) is 9.66. The van der Waals surface area contributed by atoms with Crippen molar-refractivity contribution < 1.29 is 0 Å². The fourth-order valence-electron chi connectivity index (χ4n) is 3.69. The van der Waals surface area contributed by atoms with E-state index in [1.165, 1.54) is 50.2 Å². The van der Waals surface area contributed by atoms with Gasteiger partial charge < -0.3 is 15.5 Å². The average molecular weight is 361 g/mol. The Morgan fingerprint density at radius 3 is 2.80 bits per heavy atom. The lowest BCUT2D eigenvalue weighted by Gasteiger charge is -2.18. The maximum atomic E-state index is 4.38. The van der Waals surface area contributed by atoms with Crippen molar-refractivity contribution in [2.75, 3.05) is 45.5 Å². The van der Waals surface area contributed by atoms with E-state index in [-0.39, 0.29) is 0 Å². The SMILES string of the molecule is CN=C(NCC1CCN(CCc2ccccc2)C1)NCC1CCCS1. The molecule has 1 aromatic carbocycles. The third-order valence-electron chi connectivity index (χ3n) is 5.23. The van der Waals surface area contributed by atoms with Crippen LogP contribution in [0.25, 0.3) is 0 Å². The molecule has 0 radical (unpaired) electrons. The molecule has 2 saturated heterocycles. The van der Waals surface area contributed by atoms with Gasteiger partial charge in [0.05, 0.1) is 0 Å². The van der Waals surface area contributed by atoms with E-state index in [4.69, 9.17) is 0 Å². The van der Waals surface area contributed by atoms with Gasteiger partial charge in [0, 0.05) is 38.5 Å². The van der Waals surface area contributed by atoms with Crippen LogP contribution in [0, 0.1) is 5.92 Å². The third kappa shape index (κ3) is 6.23. The number of guanidine groups is 1. The van der Waals surface area contributed by atoms with Crippen LogP contribution in [-0.4, -0.2) is 61.6 Å². The van der Waals surface area contributed by atoms with Crippen molar-refractivity contribution in [3.05, 3.63) is 35.9 Å². The van der Waals surface area contributed by atoms with Crippen LogP contribution in [-0.2, 0) is 6.42 Å². The first kappa shape index (κ1) is 18.6. The molecule has 138 valence electrons. The van der Waals surface area contributed by atoms with Crippen LogP contribution in [0.5, 0.6) is 0 Å². The lowest BCUT2D eigenvalue weighted by atomic mass is 10.1. The zero-order valence-electron chi connectivity index (χ0n) is 15.4. The van der Waals surface area contributed by atoms with Crippen molar-refractivity contribution in [3.63, 3.8) is 0 Å². The number of likely N-dealkylation sites (tertiary alicyclic amines) is 1. The summed E-state index contributed by atoms with van der Waals surface area (Å²) in [5, 5.41) is 7.79. The minimum Gasteiger partial charge on any atom is -0.356 e. The maximum Gasteiger partial charge on any atom is 0.191 e. The van der Waals surface area contributed by atoms with Crippen molar-refractivity contribution in [1.82, 2.24) is 15.5 Å². The second-order valence-electron chi connectivity index (χ2n) is 7.16. The molecule has 0 bridgehead atoms. The Balaban J connectivity index is 1.31. The predicted octanol–water partition coefficient (Wildman–Crippen LogP) is 2.61. The van der Waals surface area contributed by atoms with Crippen LogP contribution in [0.3, 0.4) is 0 Å². The van der Waals surface area contributed by atoms with E-state index >= 15 is 0 Å². The molecule has 1 aromatic rings. The zero-order valence-corrected chi connectivity index (χ0v) is 16.2. The van der Waals surface area contributed by atoms with Crippen LogP contribution in [0.4, 0.5) is 0 Å². The molecule has 0 aromatic heterocycles. The Morgan fingerprint density at radius 2 is 2.04 bits per heavy atom. The van der Waals surface area contributed by atoms with Gasteiger partial charge in [0.15, 0.2) is 5.96 Å². The molecule has 25 heavy (non-hydrogen) atoms. The topological polar surface area (TPSA) is 39.7 Å². The maximum absolute atomic E-state index is 4.38. The molecule has 2 aliphatic heterocycles. The van der Waals surface area contributed by atoms with Crippen molar-refractivity contribution in [2.45, 2.75) is 30.9 Å². The fraction of sp³-hybridized carbons (Fsp3) is 0.650. The van der Waals surface area contributed by atoms with Gasteiger partial charge in [-0.3, -0.25) is 4.99 Å². The summed E-state index contributed by atoms with van der Waals surface area (Å²) >= 11 is 2.09. The quantitative estimate of drug-likeness (QED) is 0.579. The van der Waals surface area contributed by atoms with Crippen molar-refractivity contribution >= 4 is 17.7 Å². The molecule has 4 nitrogen and oxygen atoms in total. The van der Waals surface area contributed by atoms with Gasteiger partial charge in [-0.15, -0.1) is 0 Å². The Bertz CT molecular complexity index is 528. The highest BCUT2D eigenvalue weighted by Crippen LogP contribution is 2.25. The highest BCUT2D eigenvalue weighted by molar-refractivity contribution is 8.00. The first-order chi connectivity index (χ1) is 12.3. The molecule has 0 aliphatic carbocycles. The number of thioether (sulfide) groups is 1. The van der Waals surface area contributed by atoms with E-state index in [0.717, 1.165) is 36.6 Å². The number of nitrogens with zero attached hydrogens (tertiary/aromatic N) is 2. The summed E-state index contributed by atoms with van der Waals surface area (Å²) in [7, 11) is 1.87. The Morgan fingerprint density at radius 1 is 1.20 bits per heavy atom. The van der Waals surface area contributed by atoms with E-state index in [2.05, 4.69) is 62.6 Å². The molecule has 2 heterocycles. The Kier molecular flexibility index (Phi) is 7.49. The van der Waals surface area contributed by atoms with Crippen LogP contribution in [0.15, 0.2) is 35.3 Å². The average Bonchev–Trinajstić information content (AvgIpc) is 3.33. The summed E-state index contributed by atoms with van der Waals surface area (Å²) in [6.07, 6.45) is 5.15. The van der Waals surface area contributed by atoms with Gasteiger partial charge in [-0.05, 0) is 49.5 Å². The number of hydrogen-bond donors (Lipinski definition) is 2. The summed E-state index contributed by atoms with van der Waals surface area (Å²) < 4.78 is 0. The largest absolute Gasteiger partial charge is 0.356 e. The molecule has 2 aliphatic rings. The van der Waals surface area contributed by atoms with Gasteiger partial charge in [-0.25, -0.2) is 0 Å². The standard InChI is InChI=1S/C20H32N4S/c1-21-20(23-15-19-8-5-13-25-19)22-14-18-10-12-24(16-18)11-9-17-6-3-2-4-7-17/h2-4,6-7,18-19H,5,8-16H2,1H3,(H2,21,22,23). The van der Waals surface area contributed by atoms with Crippen LogP contribution < -0.4 is 10.6 Å². The molecule has 3 rings (SSSR count). The predicted molar refractivity (Wildman–Crippen MR) is 110 cm³/mol. The van der Waals surface area contributed by atoms with E-state index < -0.39 is 0 Å². The van der Waals surface area contributed by atoms with Crippen molar-refractivity contribution in [1.29, 1.82) is 0 Å². The van der Waals surface area contributed by atoms with Gasteiger partial charge >= 0.3 is 0 Å². The molecule has 0 saturated carbocycles. The Labute approximate surface area is 156 Å². The van der Waals surface area contributed by atoms with Gasteiger partial charge in [0.1, 0.15) is 0 Å². The lowest BCUT2D eigenvalue weighted by Crippen LogP contribution is -2.42. The molecular formula is C20H32N4S. The number of aliphatic imine (C=N–C) groups is 1. The highest BCUT2D eigenvalue weighted by Gasteiger charge is 2.22. The summed E-state index contributed by atoms with van der Waals surface area (Å²) in [6.45, 7) is 5.67. The summed E-state index contributed by atoms with van der Waals surface area (Å²) in [5.41, 5.74) is 1.44. The third-order valence-corrected chi connectivity index (χ3v) is 6.63. The molecule has 5 heteroatoms. The van der Waals surface area contributed by atoms with E-state index in [9.17, 15) is 0 Å². The van der Waals surface area contributed by atoms with Gasteiger partial charge in [-0.2, -0.15) is 11.8 Å². The number of rotatable bonds is 7. The normalized spacial score (nSPS) is 24.6. The minimum absolute atomic E-state index is 0.732. The van der Waals surface area contributed by atoms with Gasteiger partial charge in [-0.1, -0.05) is 30.3 Å². The van der Waals surface area contributed by atoms with E-state index in [1.54, 1.807) is 0 Å². The molecule has 2 fully saturated rings. The zero-order chi connectivity index (χ0) is 17.3. The summed E-state index contributed by atoms with van der Waals surface area (Å²) in [4.78, 5) is 6.98. The van der Waals surface area contributed by atoms with Gasteiger partial charge in [0.25, 0.3) is 0 Å². The molecule has 0 amide bonds. The van der Waals surface area contributed by atoms with Gasteiger partial charge in [0.2, 0.25) is 0 Å². The monoisotopic (exact) mass is 360 g/mol. The van der Waals surface area contributed by atoms with E-state index in [1.807, 2.05) is 7.05 Å². The Hall–Kier alpha value is -1.20. The minimum atomic E-state index is 0.732. The van der Waals surface area contributed by atoms with Crippen LogP contribution in [0.2, 0.25) is 0 Å². The van der Waals surface area contributed by atoms with Crippen molar-refractivity contribution in [3.8, 4) is 0 Å². The molecule has 0 spiro atoms. The fourth-order valence-corrected chi connectivity index (χ4v) is 4.89. The van der Waals surface area contributed by atoms with Crippen LogP contribution >= 0.6 is 11.8 Å². The van der Waals surface area contributed by atoms with E-state index in [0.29, 0.717) is 0 Å². The van der Waals surface area contributed by atoms with Crippen molar-refractivity contribution in [2.24, 2.45) is 10.9 Å². The second kappa shape index (κ2) is 10.1. The highest BCUT2D eigenvalue weighted by atomic mass is 32.2. The molecular weight excluding hydrogens is 328 g/mol. The molecule has 2 unspecified atom stereocenters.